The maximum absolute atomic E-state index is 11.9. The molecule has 0 aliphatic rings. The highest BCUT2D eigenvalue weighted by Crippen LogP contribution is 2.12. The smallest absolute Gasteiger partial charge is 0.272 e. The normalized spacial score (nSPS) is 10.5. The van der Waals surface area contributed by atoms with Crippen molar-refractivity contribution >= 4 is 17.3 Å². The van der Waals surface area contributed by atoms with Crippen LogP contribution in [0.4, 0.5) is 11.4 Å². The van der Waals surface area contributed by atoms with Crippen molar-refractivity contribution < 1.29 is 4.79 Å². The fraction of sp³-hybridized carbons (Fsp3) is 0.273. The highest BCUT2D eigenvalue weighted by Gasteiger charge is 2.11. The number of hydrogen-bond acceptors (Lipinski definition) is 3. The SMILES string of the molecule is CCn1cc(NC(=O)c2cc(N)cn2C)cn1. The molecule has 0 atom stereocenters. The quantitative estimate of drug-likeness (QED) is 0.832. The Kier molecular flexibility index (Phi) is 2.86. The second-order valence-electron chi connectivity index (χ2n) is 3.81. The van der Waals surface area contributed by atoms with Gasteiger partial charge in [0.15, 0.2) is 0 Å². The first-order chi connectivity index (χ1) is 8.10. The molecule has 90 valence electrons. The van der Waals surface area contributed by atoms with Crippen molar-refractivity contribution in [2.45, 2.75) is 13.5 Å². The minimum Gasteiger partial charge on any atom is -0.397 e. The molecule has 17 heavy (non-hydrogen) atoms. The van der Waals surface area contributed by atoms with E-state index in [-0.39, 0.29) is 5.91 Å². The van der Waals surface area contributed by atoms with Crippen LogP contribution in [0.5, 0.6) is 0 Å². The Labute approximate surface area is 99.0 Å². The van der Waals surface area contributed by atoms with Crippen LogP contribution in [-0.2, 0) is 13.6 Å². The number of anilines is 2. The third kappa shape index (κ3) is 2.30. The summed E-state index contributed by atoms with van der Waals surface area (Å²) >= 11 is 0. The Hall–Kier alpha value is -2.24. The van der Waals surface area contributed by atoms with Gasteiger partial charge in [0, 0.05) is 26.0 Å². The highest BCUT2D eigenvalue weighted by molar-refractivity contribution is 6.03. The number of carbonyl (C=O) groups is 1. The second kappa shape index (κ2) is 4.32. The molecule has 6 nitrogen and oxygen atoms in total. The van der Waals surface area contributed by atoms with Crippen LogP contribution in [-0.4, -0.2) is 20.3 Å². The van der Waals surface area contributed by atoms with Gasteiger partial charge in [-0.1, -0.05) is 0 Å². The van der Waals surface area contributed by atoms with Gasteiger partial charge in [0.25, 0.3) is 5.91 Å². The summed E-state index contributed by atoms with van der Waals surface area (Å²) in [5, 5.41) is 6.85. The van der Waals surface area contributed by atoms with Gasteiger partial charge in [0.1, 0.15) is 5.69 Å². The lowest BCUT2D eigenvalue weighted by atomic mass is 10.3. The minimum absolute atomic E-state index is 0.195. The molecule has 2 heterocycles. The highest BCUT2D eigenvalue weighted by atomic mass is 16.1. The van der Waals surface area contributed by atoms with Crippen molar-refractivity contribution in [3.63, 3.8) is 0 Å². The summed E-state index contributed by atoms with van der Waals surface area (Å²) in [4.78, 5) is 11.9. The number of nitrogens with zero attached hydrogens (tertiary/aromatic N) is 3. The van der Waals surface area contributed by atoms with E-state index in [1.165, 1.54) is 0 Å². The molecule has 2 rings (SSSR count). The van der Waals surface area contributed by atoms with Crippen molar-refractivity contribution in [2.75, 3.05) is 11.1 Å². The number of aryl methyl sites for hydroxylation is 2. The molecule has 6 heteroatoms. The maximum Gasteiger partial charge on any atom is 0.272 e. The number of nitrogens with two attached hydrogens (primary N) is 1. The third-order valence-corrected chi connectivity index (χ3v) is 2.47. The van der Waals surface area contributed by atoms with Crippen molar-refractivity contribution in [3.8, 4) is 0 Å². The molecule has 2 aromatic rings. The summed E-state index contributed by atoms with van der Waals surface area (Å²) in [6, 6.07) is 1.64. The number of nitrogens with one attached hydrogen (secondary N) is 1. The van der Waals surface area contributed by atoms with Gasteiger partial charge < -0.3 is 15.6 Å². The Morgan fingerprint density at radius 3 is 2.82 bits per heavy atom. The number of rotatable bonds is 3. The zero-order chi connectivity index (χ0) is 12.4. The molecule has 0 spiro atoms. The van der Waals surface area contributed by atoms with Gasteiger partial charge in [-0.05, 0) is 13.0 Å². The lowest BCUT2D eigenvalue weighted by Crippen LogP contribution is -2.14. The van der Waals surface area contributed by atoms with E-state index in [0.717, 1.165) is 6.54 Å². The van der Waals surface area contributed by atoms with E-state index in [1.54, 1.807) is 41.0 Å². The van der Waals surface area contributed by atoms with Gasteiger partial charge in [-0.25, -0.2) is 0 Å². The number of aromatic nitrogens is 3. The molecule has 2 aromatic heterocycles. The van der Waals surface area contributed by atoms with Crippen LogP contribution in [0.15, 0.2) is 24.7 Å². The summed E-state index contributed by atoms with van der Waals surface area (Å²) in [7, 11) is 1.78. The molecular formula is C11H15N5O. The largest absolute Gasteiger partial charge is 0.397 e. The third-order valence-electron chi connectivity index (χ3n) is 2.47. The topological polar surface area (TPSA) is 77.9 Å². The molecule has 0 saturated heterocycles. The maximum atomic E-state index is 11.9. The molecule has 0 radical (unpaired) electrons. The standard InChI is InChI=1S/C11H15N5O/c1-3-16-7-9(5-13-16)14-11(17)10-4-8(12)6-15(10)2/h4-7H,3,12H2,1-2H3,(H,14,17). The first-order valence-corrected chi connectivity index (χ1v) is 5.35. The number of hydrogen-bond donors (Lipinski definition) is 2. The molecular weight excluding hydrogens is 218 g/mol. The molecule has 0 aliphatic heterocycles. The van der Waals surface area contributed by atoms with E-state index >= 15 is 0 Å². The lowest BCUT2D eigenvalue weighted by Gasteiger charge is -2.02. The van der Waals surface area contributed by atoms with Crippen molar-refractivity contribution in [1.82, 2.24) is 14.3 Å². The Morgan fingerprint density at radius 1 is 1.53 bits per heavy atom. The van der Waals surface area contributed by atoms with Gasteiger partial charge in [-0.2, -0.15) is 5.10 Å². The van der Waals surface area contributed by atoms with E-state index in [0.29, 0.717) is 17.1 Å². The Morgan fingerprint density at radius 2 is 2.29 bits per heavy atom. The van der Waals surface area contributed by atoms with Crippen LogP contribution in [0.3, 0.4) is 0 Å². The van der Waals surface area contributed by atoms with Crippen LogP contribution in [0, 0.1) is 0 Å². The Bertz CT molecular complexity index is 540. The van der Waals surface area contributed by atoms with Gasteiger partial charge in [0.2, 0.25) is 0 Å². The zero-order valence-corrected chi connectivity index (χ0v) is 9.84. The van der Waals surface area contributed by atoms with E-state index in [9.17, 15) is 4.79 Å². The van der Waals surface area contributed by atoms with Crippen molar-refractivity contribution in [2.24, 2.45) is 7.05 Å². The van der Waals surface area contributed by atoms with Gasteiger partial charge in [0.05, 0.1) is 17.6 Å². The molecule has 0 saturated carbocycles. The molecule has 0 fully saturated rings. The van der Waals surface area contributed by atoms with E-state index < -0.39 is 0 Å². The van der Waals surface area contributed by atoms with Crippen LogP contribution >= 0.6 is 0 Å². The van der Waals surface area contributed by atoms with Gasteiger partial charge >= 0.3 is 0 Å². The lowest BCUT2D eigenvalue weighted by molar-refractivity contribution is 0.101. The predicted octanol–water partition coefficient (Wildman–Crippen LogP) is 1.08. The number of carbonyl (C=O) groups excluding carboxylic acids is 1. The van der Waals surface area contributed by atoms with E-state index in [1.807, 2.05) is 6.92 Å². The Balaban J connectivity index is 2.14. The molecule has 3 N–H and O–H groups in total. The summed E-state index contributed by atoms with van der Waals surface area (Å²) in [6.07, 6.45) is 5.10. The van der Waals surface area contributed by atoms with E-state index in [2.05, 4.69) is 10.4 Å². The number of nitrogen functional groups attached to an aromatic ring is 1. The monoisotopic (exact) mass is 233 g/mol. The van der Waals surface area contributed by atoms with Gasteiger partial charge in [-0.15, -0.1) is 0 Å². The van der Waals surface area contributed by atoms with Crippen LogP contribution in [0.2, 0.25) is 0 Å². The predicted molar refractivity (Wildman–Crippen MR) is 65.7 cm³/mol. The molecule has 0 bridgehead atoms. The first kappa shape index (κ1) is 11.3. The average molecular weight is 233 g/mol. The van der Waals surface area contributed by atoms with Crippen molar-refractivity contribution in [1.29, 1.82) is 0 Å². The summed E-state index contributed by atoms with van der Waals surface area (Å²) < 4.78 is 3.43. The summed E-state index contributed by atoms with van der Waals surface area (Å²) in [6.45, 7) is 2.75. The van der Waals surface area contributed by atoms with Crippen LogP contribution in [0.1, 0.15) is 17.4 Å². The van der Waals surface area contributed by atoms with Gasteiger partial charge in [-0.3, -0.25) is 9.48 Å². The van der Waals surface area contributed by atoms with E-state index in [4.69, 9.17) is 5.73 Å². The molecule has 1 amide bonds. The second-order valence-corrected chi connectivity index (χ2v) is 3.81. The molecule has 0 unspecified atom stereocenters. The summed E-state index contributed by atoms with van der Waals surface area (Å²) in [5.74, 6) is -0.195. The first-order valence-electron chi connectivity index (χ1n) is 5.35. The molecule has 0 aliphatic carbocycles. The van der Waals surface area contributed by atoms with Crippen LogP contribution < -0.4 is 11.1 Å². The average Bonchev–Trinajstić information content (AvgIpc) is 2.85. The fourth-order valence-electron chi connectivity index (χ4n) is 1.61. The minimum atomic E-state index is -0.195. The zero-order valence-electron chi connectivity index (χ0n) is 9.84. The molecule has 0 aromatic carbocycles. The number of amides is 1. The van der Waals surface area contributed by atoms with Crippen LogP contribution in [0.25, 0.3) is 0 Å². The fourth-order valence-corrected chi connectivity index (χ4v) is 1.61. The summed E-state index contributed by atoms with van der Waals surface area (Å²) in [5.41, 5.74) is 7.39. The van der Waals surface area contributed by atoms with Crippen molar-refractivity contribution in [3.05, 3.63) is 30.4 Å².